The van der Waals surface area contributed by atoms with Crippen LogP contribution in [0.25, 0.3) is 6.08 Å². The molecule has 0 aliphatic carbocycles. The Hall–Kier alpha value is -1.50. The maximum Gasteiger partial charge on any atom is 0.286 e. The fraction of sp³-hybridized carbons (Fsp3) is 0.267. The monoisotopic (exact) mass is 372 g/mol. The molecule has 2 amide bonds. The molecule has 0 bridgehead atoms. The third kappa shape index (κ3) is 4.73. The summed E-state index contributed by atoms with van der Waals surface area (Å²) in [6.45, 7) is 3.82. The fourth-order valence-electron chi connectivity index (χ4n) is 1.80. The number of ether oxygens (including phenoxy) is 1. The van der Waals surface area contributed by atoms with Crippen molar-refractivity contribution in [2.24, 2.45) is 4.99 Å². The number of hydrogen-bond donors (Lipinski definition) is 1. The van der Waals surface area contributed by atoms with Gasteiger partial charge in [0.05, 0.1) is 16.5 Å². The minimum atomic E-state index is -0.434. The molecule has 1 N–H and O–H groups in total. The van der Waals surface area contributed by atoms with E-state index in [1.54, 1.807) is 18.2 Å². The number of halogens is 2. The zero-order valence-corrected chi connectivity index (χ0v) is 14.8. The Kier molecular flexibility index (Phi) is 6.10. The molecule has 0 unspecified atom stereocenters. The van der Waals surface area contributed by atoms with Crippen LogP contribution in [-0.2, 0) is 9.59 Å². The molecule has 0 atom stereocenters. The Morgan fingerprint density at radius 2 is 2.17 bits per heavy atom. The van der Waals surface area contributed by atoms with E-state index in [4.69, 9.17) is 27.9 Å². The van der Waals surface area contributed by atoms with Crippen molar-refractivity contribution in [1.29, 1.82) is 0 Å². The first-order chi connectivity index (χ1) is 10.9. The number of rotatable bonds is 4. The normalized spacial score (nSPS) is 15.7. The van der Waals surface area contributed by atoms with Gasteiger partial charge in [0.25, 0.3) is 5.91 Å². The molecule has 1 aromatic carbocycles. The lowest BCUT2D eigenvalue weighted by molar-refractivity contribution is -0.117. The molecule has 0 saturated carbocycles. The van der Waals surface area contributed by atoms with E-state index in [-0.39, 0.29) is 11.1 Å². The number of carbonyl (C=O) groups excluding carboxylic acids is 2. The predicted molar refractivity (Wildman–Crippen MR) is 94.1 cm³/mol. The number of hydrogen-bond acceptors (Lipinski definition) is 4. The molecule has 0 spiro atoms. The standard InChI is InChI=1S/C15H14Cl2N2O3S/c1-3-4-22-13-9(5-10(16)7-11(13)17)6-12-14(21)19-15(23-12)18-8(2)20/h5-7H,3-4H2,1-2H3,(H,18,19,20,21)/b12-6+. The van der Waals surface area contributed by atoms with Crippen LogP contribution in [0.2, 0.25) is 10.0 Å². The second kappa shape index (κ2) is 7.86. The SMILES string of the molecule is CCCOc1c(Cl)cc(Cl)cc1/C=C1/SC(NC(C)=O)=NC1=O. The summed E-state index contributed by atoms with van der Waals surface area (Å²) in [6.07, 6.45) is 2.42. The highest BCUT2D eigenvalue weighted by molar-refractivity contribution is 8.18. The third-order valence-electron chi connectivity index (χ3n) is 2.68. The van der Waals surface area contributed by atoms with Crippen molar-refractivity contribution in [3.05, 3.63) is 32.6 Å². The van der Waals surface area contributed by atoms with Crippen molar-refractivity contribution in [1.82, 2.24) is 5.32 Å². The molecule has 1 aromatic rings. The molecular weight excluding hydrogens is 359 g/mol. The summed E-state index contributed by atoms with van der Waals surface area (Å²) in [5.74, 6) is -0.258. The molecule has 1 heterocycles. The summed E-state index contributed by atoms with van der Waals surface area (Å²) in [5.41, 5.74) is 0.589. The highest BCUT2D eigenvalue weighted by Crippen LogP contribution is 2.36. The van der Waals surface area contributed by atoms with Gasteiger partial charge in [-0.3, -0.25) is 9.59 Å². The van der Waals surface area contributed by atoms with E-state index in [0.717, 1.165) is 18.2 Å². The molecule has 122 valence electrons. The highest BCUT2D eigenvalue weighted by atomic mass is 35.5. The molecule has 2 rings (SSSR count). The predicted octanol–water partition coefficient (Wildman–Crippen LogP) is 3.89. The Morgan fingerprint density at radius 1 is 1.43 bits per heavy atom. The van der Waals surface area contributed by atoms with E-state index in [1.807, 2.05) is 6.92 Å². The van der Waals surface area contributed by atoms with Gasteiger partial charge in [-0.2, -0.15) is 4.99 Å². The molecule has 1 aliphatic rings. The molecule has 0 fully saturated rings. The summed E-state index contributed by atoms with van der Waals surface area (Å²) in [4.78, 5) is 27.1. The van der Waals surface area contributed by atoms with Crippen molar-refractivity contribution in [2.45, 2.75) is 20.3 Å². The highest BCUT2D eigenvalue weighted by Gasteiger charge is 2.23. The first-order valence-corrected chi connectivity index (χ1v) is 8.40. The van der Waals surface area contributed by atoms with Crippen molar-refractivity contribution in [3.8, 4) is 5.75 Å². The number of nitrogens with one attached hydrogen (secondary N) is 1. The zero-order valence-electron chi connectivity index (χ0n) is 12.5. The van der Waals surface area contributed by atoms with E-state index in [9.17, 15) is 9.59 Å². The van der Waals surface area contributed by atoms with Gasteiger partial charge in [-0.1, -0.05) is 30.1 Å². The molecule has 0 saturated heterocycles. The summed E-state index contributed by atoms with van der Waals surface area (Å²) < 4.78 is 5.65. The third-order valence-corrected chi connectivity index (χ3v) is 4.08. The number of amides is 2. The van der Waals surface area contributed by atoms with E-state index < -0.39 is 5.91 Å². The second-order valence-electron chi connectivity index (χ2n) is 4.67. The molecule has 23 heavy (non-hydrogen) atoms. The average Bonchev–Trinajstić information content (AvgIpc) is 2.76. The molecule has 5 nitrogen and oxygen atoms in total. The maximum atomic E-state index is 11.9. The summed E-state index contributed by atoms with van der Waals surface area (Å²) in [7, 11) is 0. The van der Waals surface area contributed by atoms with Crippen LogP contribution < -0.4 is 10.1 Å². The first kappa shape index (κ1) is 17.8. The molecule has 0 radical (unpaired) electrons. The van der Waals surface area contributed by atoms with Gasteiger partial charge in [0.2, 0.25) is 5.91 Å². The molecule has 0 aromatic heterocycles. The van der Waals surface area contributed by atoms with Gasteiger partial charge < -0.3 is 10.1 Å². The lowest BCUT2D eigenvalue weighted by atomic mass is 10.2. The summed E-state index contributed by atoms with van der Waals surface area (Å²) in [5, 5.41) is 3.54. The Labute approximate surface area is 148 Å². The lowest BCUT2D eigenvalue weighted by Gasteiger charge is -2.11. The number of aliphatic imine (C=N–C) groups is 1. The molecular formula is C15H14Cl2N2O3S. The quantitative estimate of drug-likeness (QED) is 0.814. The zero-order chi connectivity index (χ0) is 17.0. The van der Waals surface area contributed by atoms with Crippen molar-refractivity contribution in [3.63, 3.8) is 0 Å². The fourth-order valence-corrected chi connectivity index (χ4v) is 3.21. The van der Waals surface area contributed by atoms with Crippen LogP contribution in [0.4, 0.5) is 0 Å². The maximum absolute atomic E-state index is 11.9. The Bertz CT molecular complexity index is 717. The van der Waals surface area contributed by atoms with Crippen LogP contribution >= 0.6 is 35.0 Å². The lowest BCUT2D eigenvalue weighted by Crippen LogP contribution is -2.23. The van der Waals surface area contributed by atoms with E-state index >= 15 is 0 Å². The van der Waals surface area contributed by atoms with Gasteiger partial charge in [0.15, 0.2) is 5.17 Å². The first-order valence-electron chi connectivity index (χ1n) is 6.82. The minimum absolute atomic E-state index is 0.248. The van der Waals surface area contributed by atoms with Crippen LogP contribution in [0, 0.1) is 0 Å². The van der Waals surface area contributed by atoms with Gasteiger partial charge in [-0.15, -0.1) is 0 Å². The Balaban J connectivity index is 2.32. The van der Waals surface area contributed by atoms with Crippen molar-refractivity contribution in [2.75, 3.05) is 6.61 Å². The number of benzene rings is 1. The van der Waals surface area contributed by atoms with Crippen LogP contribution in [-0.4, -0.2) is 23.6 Å². The van der Waals surface area contributed by atoms with Crippen LogP contribution in [0.3, 0.4) is 0 Å². The molecule has 1 aliphatic heterocycles. The van der Waals surface area contributed by atoms with Gasteiger partial charge in [-0.25, -0.2) is 0 Å². The number of carbonyl (C=O) groups is 2. The van der Waals surface area contributed by atoms with E-state index in [1.165, 1.54) is 6.92 Å². The van der Waals surface area contributed by atoms with E-state index in [0.29, 0.717) is 32.9 Å². The van der Waals surface area contributed by atoms with Crippen molar-refractivity contribution >= 4 is 58.0 Å². The summed E-state index contributed by atoms with van der Waals surface area (Å²) >= 11 is 13.3. The number of thioether (sulfide) groups is 1. The summed E-state index contributed by atoms with van der Waals surface area (Å²) in [6, 6.07) is 3.24. The van der Waals surface area contributed by atoms with Gasteiger partial charge in [0, 0.05) is 17.5 Å². The average molecular weight is 373 g/mol. The van der Waals surface area contributed by atoms with Crippen LogP contribution in [0.15, 0.2) is 22.0 Å². The van der Waals surface area contributed by atoms with Gasteiger partial charge >= 0.3 is 0 Å². The van der Waals surface area contributed by atoms with E-state index in [2.05, 4.69) is 10.3 Å². The molecule has 8 heteroatoms. The van der Waals surface area contributed by atoms with Crippen LogP contribution in [0.5, 0.6) is 5.75 Å². The van der Waals surface area contributed by atoms with Gasteiger partial charge in [-0.05, 0) is 36.4 Å². The van der Waals surface area contributed by atoms with Crippen LogP contribution in [0.1, 0.15) is 25.8 Å². The van der Waals surface area contributed by atoms with Gasteiger partial charge in [0.1, 0.15) is 5.75 Å². The smallest absolute Gasteiger partial charge is 0.286 e. The Morgan fingerprint density at radius 3 is 2.83 bits per heavy atom. The largest absolute Gasteiger partial charge is 0.491 e. The second-order valence-corrected chi connectivity index (χ2v) is 6.54. The topological polar surface area (TPSA) is 67.8 Å². The minimum Gasteiger partial charge on any atom is -0.491 e. The number of amidine groups is 1. The number of nitrogens with zero attached hydrogens (tertiary/aromatic N) is 1. The van der Waals surface area contributed by atoms with Crippen molar-refractivity contribution < 1.29 is 14.3 Å².